The predicted octanol–water partition coefficient (Wildman–Crippen LogP) is 5.76. The van der Waals surface area contributed by atoms with Gasteiger partial charge in [-0.2, -0.15) is 18.3 Å². The van der Waals surface area contributed by atoms with E-state index in [4.69, 9.17) is 5.10 Å². The average Bonchev–Trinajstić information content (AvgIpc) is 3.67. The molecule has 1 aliphatic rings. The number of likely N-dealkylation sites (tertiary alicyclic amines) is 1. The van der Waals surface area contributed by atoms with E-state index in [1.54, 1.807) is 47.4 Å². The molecule has 2 amide bonds. The van der Waals surface area contributed by atoms with Crippen molar-refractivity contribution in [2.45, 2.75) is 19.0 Å². The summed E-state index contributed by atoms with van der Waals surface area (Å²) in [5, 5.41) is 9.90. The maximum Gasteiger partial charge on any atom is 0.416 e. The summed E-state index contributed by atoms with van der Waals surface area (Å²) in [6.07, 6.45) is 2.24. The molecule has 12 heteroatoms. The van der Waals surface area contributed by atoms with Gasteiger partial charge < -0.3 is 10.6 Å². The minimum Gasteiger partial charge on any atom is -0.325 e. The lowest BCUT2D eigenvalue weighted by Gasteiger charge is -2.16. The van der Waals surface area contributed by atoms with Crippen molar-refractivity contribution in [2.75, 3.05) is 30.3 Å². The Morgan fingerprint density at radius 1 is 0.837 bits per heavy atom. The molecule has 0 unspecified atom stereocenters. The Balaban J connectivity index is 1.25. The van der Waals surface area contributed by atoms with Gasteiger partial charge >= 0.3 is 6.18 Å². The SMILES string of the molecule is O=C(CN1CCCC1)Nc1cc(C(=O)Nc2cccc(-c3ccnc4cc(-c5ccncc5)nn34)c2)cc(C(F)(F)F)c1. The van der Waals surface area contributed by atoms with Crippen LogP contribution in [0.4, 0.5) is 24.5 Å². The van der Waals surface area contributed by atoms with Gasteiger partial charge in [0.1, 0.15) is 0 Å². The molecule has 5 aromatic rings. The lowest BCUT2D eigenvalue weighted by molar-refractivity contribution is -0.137. The number of alkyl halides is 3. The van der Waals surface area contributed by atoms with Crippen molar-refractivity contribution in [1.29, 1.82) is 0 Å². The summed E-state index contributed by atoms with van der Waals surface area (Å²) in [6, 6.07) is 17.0. The number of fused-ring (bicyclic) bond motifs is 1. The third-order valence-corrected chi connectivity index (χ3v) is 7.12. The number of halogens is 3. The molecule has 0 radical (unpaired) electrons. The number of nitrogens with zero attached hydrogens (tertiary/aromatic N) is 5. The first-order chi connectivity index (χ1) is 20.7. The van der Waals surface area contributed by atoms with E-state index in [1.165, 1.54) is 6.07 Å². The highest BCUT2D eigenvalue weighted by molar-refractivity contribution is 6.06. The molecule has 1 aliphatic heterocycles. The molecular weight excluding hydrogens is 559 g/mol. The number of rotatable bonds is 7. The van der Waals surface area contributed by atoms with Crippen molar-refractivity contribution in [2.24, 2.45) is 0 Å². The third-order valence-electron chi connectivity index (χ3n) is 7.12. The summed E-state index contributed by atoms with van der Waals surface area (Å²) in [5.74, 6) is -1.19. The van der Waals surface area contributed by atoms with Gasteiger partial charge in [0.25, 0.3) is 5.91 Å². The third kappa shape index (κ3) is 6.38. The highest BCUT2D eigenvalue weighted by atomic mass is 19.4. The summed E-state index contributed by atoms with van der Waals surface area (Å²) in [7, 11) is 0. The van der Waals surface area contributed by atoms with E-state index in [2.05, 4.69) is 20.6 Å². The molecule has 6 rings (SSSR count). The monoisotopic (exact) mass is 585 g/mol. The molecule has 0 aliphatic carbocycles. The van der Waals surface area contributed by atoms with E-state index in [0.29, 0.717) is 28.3 Å². The standard InChI is InChI=1S/C31H26F3N7O2/c32-31(33,34)23-14-22(16-25(17-23)37-29(42)19-40-12-1-2-13-40)30(43)38-24-5-3-4-21(15-24)27-8-11-36-28-18-26(39-41(27)28)20-6-9-35-10-7-20/h3-11,14-18H,1-2,12-13,19H2,(H,37,42)(H,38,43). The summed E-state index contributed by atoms with van der Waals surface area (Å²) >= 11 is 0. The van der Waals surface area contributed by atoms with Gasteiger partial charge in [0.2, 0.25) is 5.91 Å². The van der Waals surface area contributed by atoms with Crippen LogP contribution in [0.1, 0.15) is 28.8 Å². The molecule has 0 spiro atoms. The van der Waals surface area contributed by atoms with Crippen LogP contribution < -0.4 is 10.6 Å². The van der Waals surface area contributed by atoms with Crippen LogP contribution in [-0.2, 0) is 11.0 Å². The fourth-order valence-electron chi connectivity index (χ4n) is 5.08. The summed E-state index contributed by atoms with van der Waals surface area (Å²) in [5.41, 5.74) is 2.59. The maximum absolute atomic E-state index is 13.7. The molecule has 4 heterocycles. The summed E-state index contributed by atoms with van der Waals surface area (Å²) < 4.78 is 42.8. The van der Waals surface area contributed by atoms with Gasteiger partial charge in [0.05, 0.1) is 23.5 Å². The number of nitrogens with one attached hydrogen (secondary N) is 2. The van der Waals surface area contributed by atoms with E-state index in [-0.39, 0.29) is 17.8 Å². The van der Waals surface area contributed by atoms with Crippen LogP contribution >= 0.6 is 0 Å². The number of hydrogen-bond acceptors (Lipinski definition) is 6. The largest absolute Gasteiger partial charge is 0.416 e. The van der Waals surface area contributed by atoms with E-state index >= 15 is 0 Å². The first-order valence-corrected chi connectivity index (χ1v) is 13.6. The average molecular weight is 586 g/mol. The minimum absolute atomic E-state index is 0.0765. The molecule has 1 saturated heterocycles. The second-order valence-corrected chi connectivity index (χ2v) is 10.2. The Morgan fingerprint density at radius 2 is 1.63 bits per heavy atom. The zero-order valence-corrected chi connectivity index (χ0v) is 22.8. The van der Waals surface area contributed by atoms with E-state index in [1.807, 2.05) is 29.2 Å². The molecule has 2 aromatic carbocycles. The molecule has 218 valence electrons. The number of carbonyl (C=O) groups is 2. The van der Waals surface area contributed by atoms with Crippen molar-refractivity contribution in [3.8, 4) is 22.5 Å². The zero-order valence-electron chi connectivity index (χ0n) is 22.8. The van der Waals surface area contributed by atoms with Gasteiger partial charge in [-0.3, -0.25) is 19.5 Å². The van der Waals surface area contributed by atoms with E-state index in [0.717, 1.165) is 43.6 Å². The fraction of sp³-hybridized carbons (Fsp3) is 0.194. The molecule has 43 heavy (non-hydrogen) atoms. The molecule has 1 fully saturated rings. The topological polar surface area (TPSA) is 105 Å². The Morgan fingerprint density at radius 3 is 2.40 bits per heavy atom. The van der Waals surface area contributed by atoms with Crippen molar-refractivity contribution in [1.82, 2.24) is 24.5 Å². The minimum atomic E-state index is -4.71. The molecule has 3 aromatic heterocycles. The van der Waals surface area contributed by atoms with Gasteiger partial charge in [0, 0.05) is 52.7 Å². The number of pyridine rings is 1. The Kier molecular flexibility index (Phi) is 7.59. The molecule has 0 saturated carbocycles. The predicted molar refractivity (Wildman–Crippen MR) is 155 cm³/mol. The quantitative estimate of drug-likeness (QED) is 0.252. The van der Waals surface area contributed by atoms with Crippen LogP contribution in [0.3, 0.4) is 0 Å². The maximum atomic E-state index is 13.7. The number of hydrogen-bond donors (Lipinski definition) is 2. The number of benzene rings is 2. The highest BCUT2D eigenvalue weighted by Crippen LogP contribution is 2.33. The lowest BCUT2D eigenvalue weighted by atomic mass is 10.1. The van der Waals surface area contributed by atoms with Crippen LogP contribution in [-0.4, -0.2) is 55.9 Å². The van der Waals surface area contributed by atoms with Gasteiger partial charge in [-0.15, -0.1) is 0 Å². The van der Waals surface area contributed by atoms with Gasteiger partial charge in [0.15, 0.2) is 5.65 Å². The second-order valence-electron chi connectivity index (χ2n) is 10.2. The number of carbonyl (C=O) groups excluding carboxylic acids is 2. The number of aromatic nitrogens is 4. The summed E-state index contributed by atoms with van der Waals surface area (Å²) in [4.78, 5) is 36.1. The molecule has 0 atom stereocenters. The molecular formula is C31H26F3N7O2. The first kappa shape index (κ1) is 28.0. The number of anilines is 2. The van der Waals surface area contributed by atoms with Crippen LogP contribution in [0.2, 0.25) is 0 Å². The molecule has 0 bridgehead atoms. The number of amides is 2. The zero-order chi connectivity index (χ0) is 30.0. The van der Waals surface area contributed by atoms with E-state index < -0.39 is 23.6 Å². The summed E-state index contributed by atoms with van der Waals surface area (Å²) in [6.45, 7) is 1.60. The molecule has 9 nitrogen and oxygen atoms in total. The first-order valence-electron chi connectivity index (χ1n) is 13.6. The van der Waals surface area contributed by atoms with Crippen LogP contribution in [0.5, 0.6) is 0 Å². The lowest BCUT2D eigenvalue weighted by Crippen LogP contribution is -2.31. The smallest absolute Gasteiger partial charge is 0.325 e. The van der Waals surface area contributed by atoms with Crippen molar-refractivity contribution in [3.05, 3.63) is 96.4 Å². The Hall–Kier alpha value is -5.10. The van der Waals surface area contributed by atoms with Crippen molar-refractivity contribution in [3.63, 3.8) is 0 Å². The fourth-order valence-corrected chi connectivity index (χ4v) is 5.08. The highest BCUT2D eigenvalue weighted by Gasteiger charge is 2.32. The van der Waals surface area contributed by atoms with Gasteiger partial charge in [-0.25, -0.2) is 9.50 Å². The van der Waals surface area contributed by atoms with Crippen molar-refractivity contribution >= 4 is 28.8 Å². The van der Waals surface area contributed by atoms with Crippen LogP contribution in [0, 0.1) is 0 Å². The van der Waals surface area contributed by atoms with Crippen LogP contribution in [0.15, 0.2) is 85.3 Å². The van der Waals surface area contributed by atoms with Gasteiger partial charge in [-0.1, -0.05) is 12.1 Å². The normalized spacial score (nSPS) is 13.7. The van der Waals surface area contributed by atoms with Gasteiger partial charge in [-0.05, 0) is 74.5 Å². The van der Waals surface area contributed by atoms with Crippen molar-refractivity contribution < 1.29 is 22.8 Å². The van der Waals surface area contributed by atoms with E-state index in [9.17, 15) is 22.8 Å². The second kappa shape index (κ2) is 11.6. The van der Waals surface area contributed by atoms with Crippen LogP contribution in [0.25, 0.3) is 28.2 Å². The Bertz CT molecular complexity index is 1800. The molecule has 2 N–H and O–H groups in total. The Labute approximate surface area is 244 Å².